The number of pyridine rings is 1. The Morgan fingerprint density at radius 3 is 3.00 bits per heavy atom. The lowest BCUT2D eigenvalue weighted by atomic mass is 10.3. The Hall–Kier alpha value is -0.220. The summed E-state index contributed by atoms with van der Waals surface area (Å²) >= 11 is 5.36. The van der Waals surface area contributed by atoms with E-state index in [1.807, 2.05) is 24.0 Å². The van der Waals surface area contributed by atoms with Gasteiger partial charge in [-0.3, -0.25) is 0 Å². The molecule has 2 nitrogen and oxygen atoms in total. The molecule has 78 valence electrons. The first-order chi connectivity index (χ1) is 6.65. The molecule has 1 aromatic rings. The third kappa shape index (κ3) is 3.17. The minimum absolute atomic E-state index is 0.440. The summed E-state index contributed by atoms with van der Waals surface area (Å²) in [5.41, 5.74) is 1.21. The normalized spacial score (nSPS) is 12.6. The van der Waals surface area contributed by atoms with Gasteiger partial charge in [-0.25, -0.2) is 4.98 Å². The van der Waals surface area contributed by atoms with Crippen LogP contribution in [-0.4, -0.2) is 23.0 Å². The second-order valence-corrected chi connectivity index (χ2v) is 4.99. The number of hydrogen-bond donors (Lipinski definition) is 1. The van der Waals surface area contributed by atoms with E-state index in [0.717, 1.165) is 16.0 Å². The second-order valence-electron chi connectivity index (χ2n) is 3.29. The van der Waals surface area contributed by atoms with Gasteiger partial charge in [0.25, 0.3) is 0 Å². The van der Waals surface area contributed by atoms with Crippen molar-refractivity contribution in [3.8, 4) is 0 Å². The minimum Gasteiger partial charge on any atom is -0.366 e. The number of rotatable bonds is 4. The zero-order chi connectivity index (χ0) is 10.6. The Labute approximate surface area is 98.0 Å². The van der Waals surface area contributed by atoms with E-state index < -0.39 is 0 Å². The van der Waals surface area contributed by atoms with Crippen molar-refractivity contribution in [2.24, 2.45) is 0 Å². The maximum Gasteiger partial charge on any atom is 0.140 e. The maximum absolute atomic E-state index is 4.29. The molecule has 0 bridgehead atoms. The minimum atomic E-state index is 0.440. The topological polar surface area (TPSA) is 24.9 Å². The summed E-state index contributed by atoms with van der Waals surface area (Å²) in [5, 5.41) is 3.37. The SMILES string of the molecule is CSCC(C)Nc1nccc(C)c1Br. The molecule has 14 heavy (non-hydrogen) atoms. The average Bonchev–Trinajstić information content (AvgIpc) is 2.13. The molecule has 0 amide bonds. The molecule has 1 heterocycles. The van der Waals surface area contributed by atoms with Crippen LogP contribution >= 0.6 is 27.7 Å². The number of aromatic nitrogens is 1. The first-order valence-electron chi connectivity index (χ1n) is 4.51. The molecule has 0 radical (unpaired) electrons. The molecule has 1 N–H and O–H groups in total. The molecule has 1 unspecified atom stereocenters. The van der Waals surface area contributed by atoms with Crippen LogP contribution in [0.5, 0.6) is 0 Å². The van der Waals surface area contributed by atoms with Crippen molar-refractivity contribution in [2.45, 2.75) is 19.9 Å². The fraction of sp³-hybridized carbons (Fsp3) is 0.500. The van der Waals surface area contributed by atoms with Crippen molar-refractivity contribution in [1.82, 2.24) is 4.98 Å². The lowest BCUT2D eigenvalue weighted by Crippen LogP contribution is -2.18. The van der Waals surface area contributed by atoms with Crippen LogP contribution in [0.15, 0.2) is 16.7 Å². The average molecular weight is 275 g/mol. The van der Waals surface area contributed by atoms with Crippen molar-refractivity contribution in [1.29, 1.82) is 0 Å². The lowest BCUT2D eigenvalue weighted by Gasteiger charge is -2.14. The van der Waals surface area contributed by atoms with E-state index in [4.69, 9.17) is 0 Å². The predicted octanol–water partition coefficient (Wildman–Crippen LogP) is 3.32. The van der Waals surface area contributed by atoms with Gasteiger partial charge in [0.05, 0.1) is 4.47 Å². The lowest BCUT2D eigenvalue weighted by molar-refractivity contribution is 0.900. The van der Waals surface area contributed by atoms with Gasteiger partial charge in [0, 0.05) is 18.0 Å². The van der Waals surface area contributed by atoms with E-state index >= 15 is 0 Å². The van der Waals surface area contributed by atoms with Gasteiger partial charge in [0.1, 0.15) is 5.82 Å². The van der Waals surface area contributed by atoms with E-state index in [1.54, 1.807) is 0 Å². The van der Waals surface area contributed by atoms with Crippen LogP contribution in [-0.2, 0) is 0 Å². The van der Waals surface area contributed by atoms with Crippen LogP contribution in [0.2, 0.25) is 0 Å². The highest BCUT2D eigenvalue weighted by Crippen LogP contribution is 2.23. The Kier molecular flexibility index (Phi) is 4.75. The summed E-state index contributed by atoms with van der Waals surface area (Å²) in [7, 11) is 0. The van der Waals surface area contributed by atoms with E-state index in [-0.39, 0.29) is 0 Å². The van der Waals surface area contributed by atoms with Crippen LogP contribution in [0.4, 0.5) is 5.82 Å². The number of nitrogens with one attached hydrogen (secondary N) is 1. The van der Waals surface area contributed by atoms with Crippen molar-refractivity contribution in [3.05, 3.63) is 22.3 Å². The number of anilines is 1. The molecule has 4 heteroatoms. The van der Waals surface area contributed by atoms with Crippen LogP contribution < -0.4 is 5.32 Å². The summed E-state index contributed by atoms with van der Waals surface area (Å²) in [5.74, 6) is 2.02. The molecule has 0 fully saturated rings. The Morgan fingerprint density at radius 2 is 2.36 bits per heavy atom. The summed E-state index contributed by atoms with van der Waals surface area (Å²) in [6.07, 6.45) is 3.94. The van der Waals surface area contributed by atoms with Crippen LogP contribution in [0.3, 0.4) is 0 Å². The van der Waals surface area contributed by atoms with E-state index in [9.17, 15) is 0 Å². The highest BCUT2D eigenvalue weighted by atomic mass is 79.9. The monoisotopic (exact) mass is 274 g/mol. The zero-order valence-electron chi connectivity index (χ0n) is 8.67. The van der Waals surface area contributed by atoms with E-state index in [2.05, 4.69) is 46.3 Å². The van der Waals surface area contributed by atoms with Crippen LogP contribution in [0.1, 0.15) is 12.5 Å². The molecule has 0 aliphatic heterocycles. The molecule has 0 spiro atoms. The standard InChI is InChI=1S/C10H15BrN2S/c1-7-4-5-12-10(9(7)11)13-8(2)6-14-3/h4-5,8H,6H2,1-3H3,(H,12,13). The first kappa shape index (κ1) is 11.9. The molecule has 0 aliphatic carbocycles. The molecule has 1 aromatic heterocycles. The van der Waals surface area contributed by atoms with E-state index in [1.165, 1.54) is 5.56 Å². The van der Waals surface area contributed by atoms with E-state index in [0.29, 0.717) is 6.04 Å². The molecule has 0 saturated heterocycles. The summed E-state index contributed by atoms with van der Waals surface area (Å²) in [6, 6.07) is 2.43. The Morgan fingerprint density at radius 1 is 1.64 bits per heavy atom. The Bertz CT molecular complexity index is 304. The number of aryl methyl sites for hydroxylation is 1. The largest absolute Gasteiger partial charge is 0.366 e. The fourth-order valence-electron chi connectivity index (χ4n) is 1.17. The van der Waals surface area contributed by atoms with Crippen molar-refractivity contribution < 1.29 is 0 Å². The summed E-state index contributed by atoms with van der Waals surface area (Å²) in [4.78, 5) is 4.29. The molecular formula is C10H15BrN2S. The van der Waals surface area contributed by atoms with Gasteiger partial charge in [-0.1, -0.05) is 0 Å². The summed E-state index contributed by atoms with van der Waals surface area (Å²) < 4.78 is 1.06. The van der Waals surface area contributed by atoms with Gasteiger partial charge in [-0.05, 0) is 47.7 Å². The molecular weight excluding hydrogens is 260 g/mol. The van der Waals surface area contributed by atoms with Crippen LogP contribution in [0, 0.1) is 6.92 Å². The highest BCUT2D eigenvalue weighted by Gasteiger charge is 2.06. The highest BCUT2D eigenvalue weighted by molar-refractivity contribution is 9.10. The van der Waals surface area contributed by atoms with Gasteiger partial charge < -0.3 is 5.32 Å². The third-order valence-electron chi connectivity index (χ3n) is 1.88. The zero-order valence-corrected chi connectivity index (χ0v) is 11.1. The van der Waals surface area contributed by atoms with Gasteiger partial charge in [-0.2, -0.15) is 11.8 Å². The quantitative estimate of drug-likeness (QED) is 0.912. The first-order valence-corrected chi connectivity index (χ1v) is 6.70. The van der Waals surface area contributed by atoms with Gasteiger partial charge >= 0.3 is 0 Å². The maximum atomic E-state index is 4.29. The summed E-state index contributed by atoms with van der Waals surface area (Å²) in [6.45, 7) is 4.23. The second kappa shape index (κ2) is 5.61. The van der Waals surface area contributed by atoms with Gasteiger partial charge in [-0.15, -0.1) is 0 Å². The smallest absolute Gasteiger partial charge is 0.140 e. The van der Waals surface area contributed by atoms with Crippen molar-refractivity contribution in [2.75, 3.05) is 17.3 Å². The third-order valence-corrected chi connectivity index (χ3v) is 3.72. The predicted molar refractivity (Wildman–Crippen MR) is 68.1 cm³/mol. The number of nitrogens with zero attached hydrogens (tertiary/aromatic N) is 1. The molecule has 1 rings (SSSR count). The fourth-order valence-corrected chi connectivity index (χ4v) is 2.10. The number of halogens is 1. The molecule has 0 aromatic carbocycles. The molecule has 0 aliphatic rings. The Balaban J connectivity index is 2.71. The van der Waals surface area contributed by atoms with Crippen LogP contribution in [0.25, 0.3) is 0 Å². The van der Waals surface area contributed by atoms with Crippen molar-refractivity contribution in [3.63, 3.8) is 0 Å². The number of thioether (sulfide) groups is 1. The molecule has 1 atom stereocenters. The molecule has 0 saturated carbocycles. The van der Waals surface area contributed by atoms with Gasteiger partial charge in [0.15, 0.2) is 0 Å². The van der Waals surface area contributed by atoms with Crippen molar-refractivity contribution >= 4 is 33.5 Å². The van der Waals surface area contributed by atoms with Gasteiger partial charge in [0.2, 0.25) is 0 Å². The number of hydrogen-bond acceptors (Lipinski definition) is 3.